The second-order valence-electron chi connectivity index (χ2n) is 4.93. The zero-order valence-corrected chi connectivity index (χ0v) is 12.6. The fourth-order valence-electron chi connectivity index (χ4n) is 2.15. The highest BCUT2D eigenvalue weighted by molar-refractivity contribution is 6.30. The number of carbonyl (C=O) groups is 2. The van der Waals surface area contributed by atoms with E-state index >= 15 is 0 Å². The lowest BCUT2D eigenvalue weighted by molar-refractivity contribution is -0.121. The molecule has 0 unspecified atom stereocenters. The highest BCUT2D eigenvalue weighted by Gasteiger charge is 2.20. The van der Waals surface area contributed by atoms with Crippen molar-refractivity contribution in [3.63, 3.8) is 0 Å². The molecule has 0 radical (unpaired) electrons. The minimum atomic E-state index is -0.299. The van der Waals surface area contributed by atoms with Crippen LogP contribution in [0.5, 0.6) is 0 Å². The van der Waals surface area contributed by atoms with E-state index in [0.29, 0.717) is 32.7 Å². The number of ether oxygens (including phenoxy) is 1. The van der Waals surface area contributed by atoms with E-state index < -0.39 is 0 Å². The topological polar surface area (TPSA) is 58.6 Å². The van der Waals surface area contributed by atoms with Crippen LogP contribution in [0.1, 0.15) is 18.4 Å². The summed E-state index contributed by atoms with van der Waals surface area (Å²) in [5, 5.41) is 3.54. The smallest absolute Gasteiger partial charge is 0.409 e. The predicted octanol–water partition coefficient (Wildman–Crippen LogP) is 2.23. The molecule has 1 heterocycles. The van der Waals surface area contributed by atoms with E-state index in [4.69, 9.17) is 16.3 Å². The van der Waals surface area contributed by atoms with Crippen LogP contribution in [-0.2, 0) is 16.0 Å². The number of nitrogens with zero attached hydrogens (tertiary/aromatic N) is 1. The van der Waals surface area contributed by atoms with Crippen molar-refractivity contribution >= 4 is 23.6 Å². The van der Waals surface area contributed by atoms with Crippen LogP contribution in [0.25, 0.3) is 0 Å². The van der Waals surface area contributed by atoms with Crippen molar-refractivity contribution in [2.24, 2.45) is 0 Å². The molecule has 2 amide bonds. The highest BCUT2D eigenvalue weighted by atomic mass is 35.5. The SMILES string of the molecule is O=C(CCCc1ccc(Cl)cc1)NCCN1CCOC1=O. The molecule has 0 saturated carbocycles. The molecule has 6 heteroatoms. The third-order valence-electron chi connectivity index (χ3n) is 3.33. The number of nitrogens with one attached hydrogen (secondary N) is 1. The summed E-state index contributed by atoms with van der Waals surface area (Å²) in [4.78, 5) is 24.5. The van der Waals surface area contributed by atoms with Crippen molar-refractivity contribution in [1.29, 1.82) is 0 Å². The molecule has 1 aliphatic rings. The van der Waals surface area contributed by atoms with E-state index in [1.54, 1.807) is 4.90 Å². The average molecular weight is 311 g/mol. The first-order chi connectivity index (χ1) is 10.1. The molecule has 0 aliphatic carbocycles. The van der Waals surface area contributed by atoms with Crippen LogP contribution in [0, 0.1) is 0 Å². The van der Waals surface area contributed by atoms with Crippen LogP contribution >= 0.6 is 11.6 Å². The summed E-state index contributed by atoms with van der Waals surface area (Å²) >= 11 is 5.82. The monoisotopic (exact) mass is 310 g/mol. The Balaban J connectivity index is 1.57. The Morgan fingerprint density at radius 2 is 2.10 bits per heavy atom. The molecule has 1 aliphatic heterocycles. The molecule has 1 aromatic rings. The lowest BCUT2D eigenvalue weighted by Gasteiger charge is -2.12. The number of cyclic esters (lactones) is 1. The summed E-state index contributed by atoms with van der Waals surface area (Å²) in [5.41, 5.74) is 1.17. The Labute approximate surface area is 129 Å². The highest BCUT2D eigenvalue weighted by Crippen LogP contribution is 2.11. The third-order valence-corrected chi connectivity index (χ3v) is 3.58. The summed E-state index contributed by atoms with van der Waals surface area (Å²) in [5.74, 6) is 0.0107. The summed E-state index contributed by atoms with van der Waals surface area (Å²) in [6.45, 7) is 2.01. The molecule has 21 heavy (non-hydrogen) atoms. The Morgan fingerprint density at radius 1 is 1.33 bits per heavy atom. The van der Waals surface area contributed by atoms with Gasteiger partial charge < -0.3 is 15.0 Å². The van der Waals surface area contributed by atoms with Crippen LogP contribution in [-0.4, -0.2) is 43.1 Å². The lowest BCUT2D eigenvalue weighted by atomic mass is 10.1. The molecule has 114 valence electrons. The van der Waals surface area contributed by atoms with Crippen LogP contribution in [0.3, 0.4) is 0 Å². The van der Waals surface area contributed by atoms with Gasteiger partial charge in [-0.1, -0.05) is 23.7 Å². The fraction of sp³-hybridized carbons (Fsp3) is 0.467. The van der Waals surface area contributed by atoms with Gasteiger partial charge in [0, 0.05) is 24.5 Å². The Bertz CT molecular complexity index is 490. The van der Waals surface area contributed by atoms with Gasteiger partial charge in [-0.2, -0.15) is 0 Å². The molecule has 0 spiro atoms. The maximum absolute atomic E-state index is 11.7. The molecule has 1 fully saturated rings. The van der Waals surface area contributed by atoms with Gasteiger partial charge in [0.2, 0.25) is 5.91 Å². The molecule has 1 N–H and O–H groups in total. The summed E-state index contributed by atoms with van der Waals surface area (Å²) in [6, 6.07) is 7.65. The van der Waals surface area contributed by atoms with Crippen LogP contribution in [0.4, 0.5) is 4.79 Å². The first-order valence-electron chi connectivity index (χ1n) is 7.08. The standard InChI is InChI=1S/C15H19ClN2O3/c16-13-6-4-12(5-7-13)2-1-3-14(19)17-8-9-18-10-11-21-15(18)20/h4-7H,1-3,8-11H2,(H,17,19). The normalized spacial score (nSPS) is 14.1. The molecule has 0 aromatic heterocycles. The maximum atomic E-state index is 11.7. The molecule has 5 nitrogen and oxygen atoms in total. The fourth-order valence-corrected chi connectivity index (χ4v) is 2.28. The maximum Gasteiger partial charge on any atom is 0.409 e. The van der Waals surface area contributed by atoms with Gasteiger partial charge in [0.05, 0.1) is 6.54 Å². The van der Waals surface area contributed by atoms with Crippen molar-refractivity contribution < 1.29 is 14.3 Å². The van der Waals surface area contributed by atoms with Gasteiger partial charge in [0.1, 0.15) is 6.61 Å². The first-order valence-corrected chi connectivity index (χ1v) is 7.46. The van der Waals surface area contributed by atoms with Gasteiger partial charge in [-0.05, 0) is 30.5 Å². The average Bonchev–Trinajstić information content (AvgIpc) is 2.87. The number of carbonyl (C=O) groups excluding carboxylic acids is 2. The van der Waals surface area contributed by atoms with Crippen LogP contribution in [0.2, 0.25) is 5.02 Å². The van der Waals surface area contributed by atoms with Crippen molar-refractivity contribution in [1.82, 2.24) is 10.2 Å². The van der Waals surface area contributed by atoms with E-state index in [9.17, 15) is 9.59 Å². The number of rotatable bonds is 7. The second-order valence-corrected chi connectivity index (χ2v) is 5.37. The molecular weight excluding hydrogens is 292 g/mol. The van der Waals surface area contributed by atoms with Gasteiger partial charge in [0.15, 0.2) is 0 Å². The van der Waals surface area contributed by atoms with Crippen molar-refractivity contribution in [3.8, 4) is 0 Å². The molecule has 0 bridgehead atoms. The van der Waals surface area contributed by atoms with E-state index in [-0.39, 0.29) is 12.0 Å². The Hall–Kier alpha value is -1.75. The van der Waals surface area contributed by atoms with E-state index in [2.05, 4.69) is 5.32 Å². The number of amides is 2. The minimum Gasteiger partial charge on any atom is -0.448 e. The molecular formula is C15H19ClN2O3. The zero-order chi connectivity index (χ0) is 15.1. The third kappa shape index (κ3) is 5.27. The summed E-state index contributed by atoms with van der Waals surface area (Å²) in [7, 11) is 0. The number of hydrogen-bond acceptors (Lipinski definition) is 3. The van der Waals surface area contributed by atoms with Crippen LogP contribution in [0.15, 0.2) is 24.3 Å². The largest absolute Gasteiger partial charge is 0.448 e. The van der Waals surface area contributed by atoms with Gasteiger partial charge in [0.25, 0.3) is 0 Å². The lowest BCUT2D eigenvalue weighted by Crippen LogP contribution is -2.35. The van der Waals surface area contributed by atoms with Gasteiger partial charge in [-0.3, -0.25) is 4.79 Å². The zero-order valence-electron chi connectivity index (χ0n) is 11.8. The second kappa shape index (κ2) is 7.88. The van der Waals surface area contributed by atoms with Crippen LogP contribution < -0.4 is 5.32 Å². The quantitative estimate of drug-likeness (QED) is 0.840. The van der Waals surface area contributed by atoms with E-state index in [1.165, 1.54) is 5.56 Å². The predicted molar refractivity (Wildman–Crippen MR) is 80.3 cm³/mol. The van der Waals surface area contributed by atoms with Crippen molar-refractivity contribution in [3.05, 3.63) is 34.9 Å². The number of hydrogen-bond donors (Lipinski definition) is 1. The van der Waals surface area contributed by atoms with Gasteiger partial charge in [-0.25, -0.2) is 4.79 Å². The molecule has 1 aromatic carbocycles. The minimum absolute atomic E-state index is 0.0107. The molecule has 2 rings (SSSR count). The van der Waals surface area contributed by atoms with Gasteiger partial charge >= 0.3 is 6.09 Å². The Morgan fingerprint density at radius 3 is 2.76 bits per heavy atom. The van der Waals surface area contributed by atoms with Crippen molar-refractivity contribution in [2.45, 2.75) is 19.3 Å². The number of benzene rings is 1. The van der Waals surface area contributed by atoms with Crippen molar-refractivity contribution in [2.75, 3.05) is 26.2 Å². The number of halogens is 1. The number of aryl methyl sites for hydroxylation is 1. The molecule has 0 atom stereocenters. The van der Waals surface area contributed by atoms with Gasteiger partial charge in [-0.15, -0.1) is 0 Å². The summed E-state index contributed by atoms with van der Waals surface area (Å²) < 4.78 is 4.81. The first kappa shape index (κ1) is 15.6. The molecule has 1 saturated heterocycles. The van der Waals surface area contributed by atoms with E-state index in [0.717, 1.165) is 17.9 Å². The Kier molecular flexibility index (Phi) is 5.87. The van der Waals surface area contributed by atoms with E-state index in [1.807, 2.05) is 24.3 Å². The summed E-state index contributed by atoms with van der Waals surface area (Å²) in [6.07, 6.45) is 1.82.